The van der Waals surface area contributed by atoms with Crippen LogP contribution in [0.2, 0.25) is 6.32 Å². The van der Waals surface area contributed by atoms with E-state index in [1.54, 1.807) is 12.1 Å². The fraction of sp³-hybridized carbons (Fsp3) is 0.400. The summed E-state index contributed by atoms with van der Waals surface area (Å²) in [6.45, 7) is 5.93. The molecule has 1 aromatic carbocycles. The summed E-state index contributed by atoms with van der Waals surface area (Å²) < 4.78 is 5.67. The van der Waals surface area contributed by atoms with Crippen molar-refractivity contribution in [3.63, 3.8) is 0 Å². The van der Waals surface area contributed by atoms with Crippen molar-refractivity contribution in [2.75, 3.05) is 6.61 Å². The first-order valence-electron chi connectivity index (χ1n) is 8.84. The predicted octanol–water partition coefficient (Wildman–Crippen LogP) is 3.71. The highest BCUT2D eigenvalue weighted by atomic mass is 16.5. The molecule has 5 heteroatoms. The van der Waals surface area contributed by atoms with Crippen molar-refractivity contribution < 1.29 is 19.9 Å². The Kier molecular flexibility index (Phi) is 7.50. The Morgan fingerprint density at radius 2 is 2.04 bits per heavy atom. The van der Waals surface area contributed by atoms with Crippen molar-refractivity contribution >= 4 is 13.2 Å². The summed E-state index contributed by atoms with van der Waals surface area (Å²) in [4.78, 5) is 0. The predicted molar refractivity (Wildman–Crippen MR) is 102 cm³/mol. The minimum atomic E-state index is -0.795. The topological polar surface area (TPSA) is 69.9 Å². The third-order valence-electron chi connectivity index (χ3n) is 4.37. The van der Waals surface area contributed by atoms with Gasteiger partial charge in [0.25, 0.3) is 0 Å². The summed E-state index contributed by atoms with van der Waals surface area (Å²) in [6, 6.07) is 7.15. The second-order valence-electron chi connectivity index (χ2n) is 6.42. The highest BCUT2D eigenvalue weighted by molar-refractivity contribution is 6.43. The Balaban J connectivity index is 2.08. The molecule has 0 amide bonds. The minimum Gasteiger partial charge on any atom is -0.508 e. The van der Waals surface area contributed by atoms with Gasteiger partial charge >= 0.3 is 7.12 Å². The summed E-state index contributed by atoms with van der Waals surface area (Å²) in [7, 11) is -0.795. The number of allylic oxidation sites excluding steroid dienone is 2. The summed E-state index contributed by atoms with van der Waals surface area (Å²) in [6.07, 6.45) is 7.83. The molecule has 0 aromatic heterocycles. The van der Waals surface area contributed by atoms with E-state index < -0.39 is 7.12 Å². The Hall–Kier alpha value is -1.82. The number of benzene rings is 1. The van der Waals surface area contributed by atoms with E-state index in [2.05, 4.69) is 19.6 Å². The third kappa shape index (κ3) is 5.89. The molecule has 1 heterocycles. The van der Waals surface area contributed by atoms with Crippen LogP contribution in [-0.2, 0) is 4.65 Å². The van der Waals surface area contributed by atoms with Gasteiger partial charge in [0.15, 0.2) is 0 Å². The second kappa shape index (κ2) is 9.61. The minimum absolute atomic E-state index is 0.104. The first-order chi connectivity index (χ1) is 12.0. The number of phenols is 1. The van der Waals surface area contributed by atoms with Gasteiger partial charge in [-0.3, -0.25) is 0 Å². The summed E-state index contributed by atoms with van der Waals surface area (Å²) in [5.74, 6) is 0.260. The SMILES string of the molecule is C=C(CO)C1=CCB(O)OC1CC/C(=C/c1ccc(O)cc1)CCC. The van der Waals surface area contributed by atoms with Gasteiger partial charge < -0.3 is 19.9 Å². The molecule has 1 unspecified atom stereocenters. The molecular formula is C20H27BO4. The lowest BCUT2D eigenvalue weighted by Crippen LogP contribution is -2.32. The van der Waals surface area contributed by atoms with Crippen molar-refractivity contribution in [3.8, 4) is 5.75 Å². The van der Waals surface area contributed by atoms with Crippen LogP contribution in [0.1, 0.15) is 38.2 Å². The fourth-order valence-electron chi connectivity index (χ4n) is 3.08. The van der Waals surface area contributed by atoms with Crippen LogP contribution in [0.5, 0.6) is 5.75 Å². The lowest BCUT2D eigenvalue weighted by Gasteiger charge is -2.28. The number of aliphatic hydroxyl groups excluding tert-OH is 1. The number of aliphatic hydroxyl groups is 1. The van der Waals surface area contributed by atoms with Crippen molar-refractivity contribution in [1.82, 2.24) is 0 Å². The molecule has 0 saturated heterocycles. The van der Waals surface area contributed by atoms with E-state index in [0.717, 1.165) is 36.8 Å². The van der Waals surface area contributed by atoms with E-state index in [1.165, 1.54) is 5.57 Å². The van der Waals surface area contributed by atoms with Crippen LogP contribution >= 0.6 is 0 Å². The van der Waals surface area contributed by atoms with Crippen molar-refractivity contribution in [3.05, 3.63) is 59.2 Å². The zero-order valence-corrected chi connectivity index (χ0v) is 14.8. The van der Waals surface area contributed by atoms with Crippen LogP contribution in [0.4, 0.5) is 0 Å². The molecule has 0 aliphatic carbocycles. The van der Waals surface area contributed by atoms with Crippen LogP contribution in [-0.4, -0.2) is 35.1 Å². The van der Waals surface area contributed by atoms with E-state index in [9.17, 15) is 15.2 Å². The number of phenolic OH excluding ortho intramolecular Hbond substituents is 1. The van der Waals surface area contributed by atoms with Gasteiger partial charge in [0.1, 0.15) is 5.75 Å². The zero-order valence-electron chi connectivity index (χ0n) is 14.8. The fourth-order valence-corrected chi connectivity index (χ4v) is 3.08. The van der Waals surface area contributed by atoms with Gasteiger partial charge in [-0.05, 0) is 48.1 Å². The molecular weight excluding hydrogens is 315 g/mol. The molecule has 2 rings (SSSR count). The molecule has 1 aromatic rings. The zero-order chi connectivity index (χ0) is 18.2. The van der Waals surface area contributed by atoms with Crippen molar-refractivity contribution in [2.24, 2.45) is 0 Å². The Morgan fingerprint density at radius 3 is 2.68 bits per heavy atom. The molecule has 0 fully saturated rings. The molecule has 1 aliphatic heterocycles. The van der Waals surface area contributed by atoms with Crippen LogP contribution in [0.25, 0.3) is 6.08 Å². The van der Waals surface area contributed by atoms with Crippen molar-refractivity contribution in [2.45, 2.75) is 45.0 Å². The van der Waals surface area contributed by atoms with E-state index in [4.69, 9.17) is 4.65 Å². The molecule has 0 bridgehead atoms. The summed E-state index contributed by atoms with van der Waals surface area (Å²) >= 11 is 0. The Morgan fingerprint density at radius 1 is 1.32 bits per heavy atom. The largest absolute Gasteiger partial charge is 0.508 e. The molecule has 1 aliphatic rings. The first kappa shape index (κ1) is 19.5. The molecule has 0 radical (unpaired) electrons. The van der Waals surface area contributed by atoms with Crippen LogP contribution in [0, 0.1) is 0 Å². The van der Waals surface area contributed by atoms with Crippen LogP contribution in [0.15, 0.2) is 53.6 Å². The average molecular weight is 342 g/mol. The highest BCUT2D eigenvalue weighted by Crippen LogP contribution is 2.28. The maximum absolute atomic E-state index is 9.78. The normalized spacial score (nSPS) is 18.2. The summed E-state index contributed by atoms with van der Waals surface area (Å²) in [5, 5.41) is 28.5. The number of aromatic hydroxyl groups is 1. The van der Waals surface area contributed by atoms with Gasteiger partial charge in [-0.25, -0.2) is 0 Å². The van der Waals surface area contributed by atoms with E-state index in [-0.39, 0.29) is 18.5 Å². The number of hydrogen-bond acceptors (Lipinski definition) is 4. The summed E-state index contributed by atoms with van der Waals surface area (Å²) in [5.41, 5.74) is 3.90. The monoisotopic (exact) mass is 342 g/mol. The van der Waals surface area contributed by atoms with Crippen LogP contribution < -0.4 is 0 Å². The van der Waals surface area contributed by atoms with Gasteiger partial charge in [-0.15, -0.1) is 0 Å². The van der Waals surface area contributed by atoms with E-state index in [1.807, 2.05) is 18.2 Å². The Bertz CT molecular complexity index is 634. The van der Waals surface area contributed by atoms with Gasteiger partial charge in [-0.1, -0.05) is 49.8 Å². The number of hydrogen-bond donors (Lipinski definition) is 3. The highest BCUT2D eigenvalue weighted by Gasteiger charge is 2.27. The molecule has 3 N–H and O–H groups in total. The van der Waals surface area contributed by atoms with Gasteiger partial charge in [0.2, 0.25) is 0 Å². The lowest BCUT2D eigenvalue weighted by atomic mass is 9.78. The molecule has 0 spiro atoms. The number of rotatable bonds is 8. The molecule has 1 atom stereocenters. The smallest absolute Gasteiger partial charge is 0.458 e. The first-order valence-corrected chi connectivity index (χ1v) is 8.84. The van der Waals surface area contributed by atoms with Gasteiger partial charge in [-0.2, -0.15) is 0 Å². The molecule has 4 nitrogen and oxygen atoms in total. The quantitative estimate of drug-likeness (QED) is 0.630. The second-order valence-corrected chi connectivity index (χ2v) is 6.42. The maximum Gasteiger partial charge on any atom is 0.458 e. The third-order valence-corrected chi connectivity index (χ3v) is 4.37. The Labute approximate surface area is 150 Å². The molecule has 0 saturated carbocycles. The molecule has 25 heavy (non-hydrogen) atoms. The maximum atomic E-state index is 9.78. The molecule has 134 valence electrons. The lowest BCUT2D eigenvalue weighted by molar-refractivity contribution is 0.180. The van der Waals surface area contributed by atoms with E-state index in [0.29, 0.717) is 11.9 Å². The van der Waals surface area contributed by atoms with Gasteiger partial charge in [0, 0.05) is 6.32 Å². The van der Waals surface area contributed by atoms with Crippen molar-refractivity contribution in [1.29, 1.82) is 0 Å². The van der Waals surface area contributed by atoms with Gasteiger partial charge in [0.05, 0.1) is 12.7 Å². The van der Waals surface area contributed by atoms with Crippen LogP contribution in [0.3, 0.4) is 0 Å². The average Bonchev–Trinajstić information content (AvgIpc) is 2.61. The van der Waals surface area contributed by atoms with E-state index >= 15 is 0 Å². The standard InChI is InChI=1S/C20H27BO4/c1-3-4-16(13-17-5-8-18(23)9-6-17)7-10-20-19(15(2)14-22)11-12-21(24)25-20/h5-6,8-9,11,13,20,22-24H,2-4,7,10,12,14H2,1H3/b16-13+.